The number of nitrogens with zero attached hydrogens (tertiary/aromatic N) is 1. The second-order valence-electron chi connectivity index (χ2n) is 4.97. The van der Waals surface area contributed by atoms with Gasteiger partial charge >= 0.3 is 5.97 Å². The highest BCUT2D eigenvalue weighted by molar-refractivity contribution is 7.99. The largest absolute Gasteiger partial charge is 0.465 e. The number of hydrogen-bond donors (Lipinski definition) is 2. The number of carbonyl (C=O) groups excluding carboxylic acids is 1. The van der Waals surface area contributed by atoms with Crippen LogP contribution in [-0.4, -0.2) is 35.6 Å². The van der Waals surface area contributed by atoms with Crippen molar-refractivity contribution in [3.05, 3.63) is 17.8 Å². The fourth-order valence-electron chi connectivity index (χ4n) is 2.51. The summed E-state index contributed by atoms with van der Waals surface area (Å²) < 4.78 is 4.71. The number of esters is 1. The summed E-state index contributed by atoms with van der Waals surface area (Å²) in [4.78, 5) is 15.8. The van der Waals surface area contributed by atoms with Crippen LogP contribution < -0.4 is 11.1 Å². The number of rotatable bonds is 4. The van der Waals surface area contributed by atoms with Gasteiger partial charge in [0.25, 0.3) is 0 Å². The van der Waals surface area contributed by atoms with Crippen LogP contribution in [0.15, 0.2) is 12.3 Å². The molecule has 0 aromatic carbocycles. The Morgan fingerprint density at radius 3 is 2.75 bits per heavy atom. The second kappa shape index (κ2) is 6.83. The number of thioether (sulfide) groups is 1. The Morgan fingerprint density at radius 2 is 2.15 bits per heavy atom. The van der Waals surface area contributed by atoms with Crippen LogP contribution in [0.1, 0.15) is 36.0 Å². The van der Waals surface area contributed by atoms with Gasteiger partial charge in [-0.05, 0) is 38.0 Å². The smallest absolute Gasteiger partial charge is 0.340 e. The molecule has 0 unspecified atom stereocenters. The van der Waals surface area contributed by atoms with Crippen LogP contribution in [0.3, 0.4) is 0 Å². The minimum atomic E-state index is -0.431. The van der Waals surface area contributed by atoms with Gasteiger partial charge in [-0.15, -0.1) is 0 Å². The molecule has 1 aliphatic rings. The van der Waals surface area contributed by atoms with Crippen molar-refractivity contribution in [3.8, 4) is 0 Å². The molecule has 0 saturated heterocycles. The van der Waals surface area contributed by atoms with E-state index in [1.54, 1.807) is 12.3 Å². The average Bonchev–Trinajstić information content (AvgIpc) is 2.49. The average molecular weight is 295 g/mol. The zero-order valence-electron chi connectivity index (χ0n) is 11.9. The molecule has 0 atom stereocenters. The second-order valence-corrected chi connectivity index (χ2v) is 6.10. The van der Waals surface area contributed by atoms with E-state index < -0.39 is 5.97 Å². The van der Waals surface area contributed by atoms with Gasteiger partial charge in [0.1, 0.15) is 5.82 Å². The lowest BCUT2D eigenvalue weighted by Gasteiger charge is -2.28. The van der Waals surface area contributed by atoms with E-state index in [0.29, 0.717) is 23.1 Å². The third kappa shape index (κ3) is 3.36. The zero-order chi connectivity index (χ0) is 14.5. The molecule has 20 heavy (non-hydrogen) atoms. The minimum Gasteiger partial charge on any atom is -0.465 e. The Morgan fingerprint density at radius 1 is 1.45 bits per heavy atom. The number of carbonyl (C=O) groups is 1. The molecule has 0 spiro atoms. The predicted octanol–water partition coefficient (Wildman–Crippen LogP) is 2.54. The number of aromatic nitrogens is 1. The van der Waals surface area contributed by atoms with Crippen LogP contribution in [0.5, 0.6) is 0 Å². The third-order valence-corrected chi connectivity index (χ3v) is 4.88. The van der Waals surface area contributed by atoms with Crippen molar-refractivity contribution >= 4 is 29.2 Å². The maximum absolute atomic E-state index is 11.6. The van der Waals surface area contributed by atoms with E-state index in [1.165, 1.54) is 20.0 Å². The van der Waals surface area contributed by atoms with E-state index in [-0.39, 0.29) is 0 Å². The number of pyridine rings is 1. The minimum absolute atomic E-state index is 0.364. The molecule has 1 aromatic rings. The zero-order valence-corrected chi connectivity index (χ0v) is 12.7. The summed E-state index contributed by atoms with van der Waals surface area (Å²) in [5.41, 5.74) is 6.73. The van der Waals surface area contributed by atoms with E-state index >= 15 is 0 Å². The van der Waals surface area contributed by atoms with E-state index in [1.807, 2.05) is 11.8 Å². The quantitative estimate of drug-likeness (QED) is 0.831. The molecular weight excluding hydrogens is 274 g/mol. The van der Waals surface area contributed by atoms with Gasteiger partial charge in [-0.25, -0.2) is 9.78 Å². The number of ether oxygens (including phenoxy) is 1. The van der Waals surface area contributed by atoms with Gasteiger partial charge in [0.2, 0.25) is 0 Å². The predicted molar refractivity (Wildman–Crippen MR) is 83.2 cm³/mol. The van der Waals surface area contributed by atoms with Crippen LogP contribution in [0.2, 0.25) is 0 Å². The van der Waals surface area contributed by atoms with Crippen molar-refractivity contribution in [2.75, 3.05) is 24.4 Å². The van der Waals surface area contributed by atoms with E-state index in [4.69, 9.17) is 10.5 Å². The molecular formula is C14H21N3O2S. The van der Waals surface area contributed by atoms with Crippen molar-refractivity contribution in [3.63, 3.8) is 0 Å². The summed E-state index contributed by atoms with van der Waals surface area (Å²) in [6.07, 6.45) is 8.37. The Bertz CT molecular complexity index is 473. The fourth-order valence-corrected chi connectivity index (χ4v) is 3.26. The molecule has 1 fully saturated rings. The number of nitrogens with two attached hydrogens (primary N) is 1. The summed E-state index contributed by atoms with van der Waals surface area (Å²) >= 11 is 1.94. The first-order chi connectivity index (χ1) is 9.65. The molecule has 2 rings (SSSR count). The van der Waals surface area contributed by atoms with Gasteiger partial charge in [0, 0.05) is 17.5 Å². The number of nitrogens with one attached hydrogen (secondary N) is 1. The number of nitrogen functional groups attached to an aromatic ring is 1. The molecule has 6 heteroatoms. The third-order valence-electron chi connectivity index (χ3n) is 3.74. The van der Waals surface area contributed by atoms with Gasteiger partial charge in [-0.3, -0.25) is 0 Å². The van der Waals surface area contributed by atoms with Crippen molar-refractivity contribution in [1.29, 1.82) is 0 Å². The molecule has 0 amide bonds. The Balaban J connectivity index is 2.05. The lowest BCUT2D eigenvalue weighted by Crippen LogP contribution is -2.28. The monoisotopic (exact) mass is 295 g/mol. The molecule has 0 radical (unpaired) electrons. The number of hydrogen-bond acceptors (Lipinski definition) is 6. The first kappa shape index (κ1) is 15.0. The molecule has 1 aromatic heterocycles. The number of anilines is 2. The maximum Gasteiger partial charge on any atom is 0.340 e. The number of methoxy groups -OCH3 is 1. The Hall–Kier alpha value is -1.43. The highest BCUT2D eigenvalue weighted by Gasteiger charge is 2.22. The van der Waals surface area contributed by atoms with Crippen molar-refractivity contribution in [2.45, 2.75) is 37.0 Å². The highest BCUT2D eigenvalue weighted by Crippen LogP contribution is 2.30. The van der Waals surface area contributed by atoms with E-state index in [0.717, 1.165) is 18.1 Å². The molecule has 1 heterocycles. The van der Waals surface area contributed by atoms with Gasteiger partial charge in [-0.2, -0.15) is 11.8 Å². The molecule has 1 saturated carbocycles. The molecule has 1 aliphatic carbocycles. The van der Waals surface area contributed by atoms with Crippen LogP contribution in [-0.2, 0) is 4.74 Å². The molecule has 110 valence electrons. The first-order valence-corrected chi connectivity index (χ1v) is 8.06. The van der Waals surface area contributed by atoms with Crippen LogP contribution in [0, 0.1) is 0 Å². The lowest BCUT2D eigenvalue weighted by molar-refractivity contribution is 0.0602. The normalized spacial score (nSPS) is 22.3. The molecule has 0 aliphatic heterocycles. The standard InChI is InChI=1S/C14H21N3O2S/c1-19-14(18)11-7-8-16-13(12(11)15)17-9-3-5-10(20-2)6-4-9/h7-10H,3-6,15H2,1-2H3,(H,16,17). The topological polar surface area (TPSA) is 77.2 Å². The Labute approximate surface area is 123 Å². The van der Waals surface area contributed by atoms with Gasteiger partial charge in [-0.1, -0.05) is 0 Å². The van der Waals surface area contributed by atoms with Gasteiger partial charge in [0.15, 0.2) is 0 Å². The van der Waals surface area contributed by atoms with Gasteiger partial charge < -0.3 is 15.8 Å². The van der Waals surface area contributed by atoms with Gasteiger partial charge in [0.05, 0.1) is 18.4 Å². The van der Waals surface area contributed by atoms with Crippen LogP contribution in [0.25, 0.3) is 0 Å². The highest BCUT2D eigenvalue weighted by atomic mass is 32.2. The molecule has 3 N–H and O–H groups in total. The summed E-state index contributed by atoms with van der Waals surface area (Å²) in [6.45, 7) is 0. The van der Waals surface area contributed by atoms with Crippen LogP contribution >= 0.6 is 11.8 Å². The van der Waals surface area contributed by atoms with Crippen molar-refractivity contribution in [2.24, 2.45) is 0 Å². The lowest BCUT2D eigenvalue weighted by atomic mass is 9.95. The Kier molecular flexibility index (Phi) is 5.11. The van der Waals surface area contributed by atoms with Crippen LogP contribution in [0.4, 0.5) is 11.5 Å². The maximum atomic E-state index is 11.6. The van der Waals surface area contributed by atoms with E-state index in [9.17, 15) is 4.79 Å². The van der Waals surface area contributed by atoms with Crippen molar-refractivity contribution in [1.82, 2.24) is 4.98 Å². The van der Waals surface area contributed by atoms with E-state index in [2.05, 4.69) is 16.6 Å². The summed E-state index contributed by atoms with van der Waals surface area (Å²) in [5.74, 6) is 0.152. The first-order valence-electron chi connectivity index (χ1n) is 6.77. The summed E-state index contributed by atoms with van der Waals surface area (Å²) in [6, 6.07) is 1.96. The fraction of sp³-hybridized carbons (Fsp3) is 0.571. The molecule has 5 nitrogen and oxygen atoms in total. The summed E-state index contributed by atoms with van der Waals surface area (Å²) in [5, 5.41) is 4.12. The summed E-state index contributed by atoms with van der Waals surface area (Å²) in [7, 11) is 1.35. The SMILES string of the molecule is COC(=O)c1ccnc(NC2CCC(SC)CC2)c1N. The molecule has 0 bridgehead atoms. The van der Waals surface area contributed by atoms with Crippen molar-refractivity contribution < 1.29 is 9.53 Å².